The van der Waals surface area contributed by atoms with E-state index in [9.17, 15) is 0 Å². The minimum absolute atomic E-state index is 0.0637. The Morgan fingerprint density at radius 3 is 1.68 bits per heavy atom. The van der Waals surface area contributed by atoms with Gasteiger partial charge in [0, 0.05) is 27.8 Å². The molecule has 7 aromatic rings. The Labute approximate surface area is 331 Å². The summed E-state index contributed by atoms with van der Waals surface area (Å²) in [5, 5.41) is 0. The topological polar surface area (TPSA) is 3.24 Å². The summed E-state index contributed by atoms with van der Waals surface area (Å²) in [5.41, 5.74) is 22.1. The van der Waals surface area contributed by atoms with E-state index in [0.29, 0.717) is 0 Å². The van der Waals surface area contributed by atoms with Gasteiger partial charge in [0.2, 0.25) is 0 Å². The summed E-state index contributed by atoms with van der Waals surface area (Å²) in [7, 11) is 0. The first kappa shape index (κ1) is 33.2. The molecule has 0 N–H and O–H groups in total. The molecule has 4 aliphatic carbocycles. The molecule has 0 saturated carbocycles. The summed E-state index contributed by atoms with van der Waals surface area (Å²) in [5.74, 6) is 0. The third-order valence-electron chi connectivity index (χ3n) is 13.6. The summed E-state index contributed by atoms with van der Waals surface area (Å²) >= 11 is 0. The van der Waals surface area contributed by atoms with Crippen molar-refractivity contribution in [3.63, 3.8) is 0 Å². The van der Waals surface area contributed by atoms with Gasteiger partial charge in [-0.15, -0.1) is 0 Å². The lowest BCUT2D eigenvalue weighted by molar-refractivity contribution is 0.660. The molecule has 0 spiro atoms. The first-order valence-corrected chi connectivity index (χ1v) is 20.3. The van der Waals surface area contributed by atoms with Crippen LogP contribution in [0.3, 0.4) is 0 Å². The lowest BCUT2D eigenvalue weighted by Gasteiger charge is -2.36. The molecule has 1 heteroatoms. The van der Waals surface area contributed by atoms with Crippen LogP contribution < -0.4 is 4.90 Å². The van der Waals surface area contributed by atoms with E-state index in [-0.39, 0.29) is 10.8 Å². The maximum atomic E-state index is 2.58. The van der Waals surface area contributed by atoms with Crippen LogP contribution in [0.15, 0.2) is 182 Å². The van der Waals surface area contributed by atoms with E-state index in [4.69, 9.17) is 0 Å². The van der Waals surface area contributed by atoms with Crippen LogP contribution in [-0.2, 0) is 16.2 Å². The molecule has 0 saturated heterocycles. The Hall–Kier alpha value is -6.18. The smallest absolute Gasteiger partial charge is 0.0711 e. The lowest BCUT2D eigenvalue weighted by Crippen LogP contribution is -2.29. The average Bonchev–Trinajstić information content (AvgIpc) is 3.77. The maximum absolute atomic E-state index is 2.58. The molecule has 11 rings (SSSR count). The summed E-state index contributed by atoms with van der Waals surface area (Å²) in [6.07, 6.45) is 6.87. The second-order valence-electron chi connectivity index (χ2n) is 17.2. The maximum Gasteiger partial charge on any atom is 0.0711 e. The molecule has 56 heavy (non-hydrogen) atoms. The highest BCUT2D eigenvalue weighted by Gasteiger charge is 2.48. The monoisotopic (exact) mass is 719 g/mol. The molecule has 0 aliphatic heterocycles. The zero-order valence-electron chi connectivity index (χ0n) is 32.6. The fourth-order valence-corrected chi connectivity index (χ4v) is 11.0. The minimum Gasteiger partial charge on any atom is -0.310 e. The van der Waals surface area contributed by atoms with Crippen LogP contribution in [0.2, 0.25) is 0 Å². The van der Waals surface area contributed by atoms with E-state index < -0.39 is 5.41 Å². The first-order chi connectivity index (χ1) is 27.3. The zero-order valence-corrected chi connectivity index (χ0v) is 32.6. The van der Waals surface area contributed by atoms with Crippen LogP contribution in [0.25, 0.3) is 27.8 Å². The molecule has 0 unspecified atom stereocenters. The molecule has 0 radical (unpaired) electrons. The number of hydrogen-bond acceptors (Lipinski definition) is 1. The van der Waals surface area contributed by atoms with Gasteiger partial charge in [-0.1, -0.05) is 173 Å². The molecule has 270 valence electrons. The van der Waals surface area contributed by atoms with Crippen LogP contribution in [0.5, 0.6) is 0 Å². The van der Waals surface area contributed by atoms with E-state index in [2.05, 4.69) is 209 Å². The van der Waals surface area contributed by atoms with Crippen LogP contribution in [0.4, 0.5) is 17.1 Å². The standard InChI is InChI=1S/C55H45N/c1-53(2)46-26-15-12-23-41(46)44-34-38(31-33-47(44)53)56(39-30-32-42-40-22-11-14-25-45(40)54(3,4)50(42)35-39)51-29-17-28-49-52(51)43-24-13-16-27-48(43)55(49,36-18-7-5-8-19-36)37-20-9-6-10-21-37/h5-12,14-23,25-35H,13,24H2,1-4H3. The van der Waals surface area contributed by atoms with Gasteiger partial charge in [-0.25, -0.2) is 0 Å². The highest BCUT2D eigenvalue weighted by atomic mass is 15.1. The predicted molar refractivity (Wildman–Crippen MR) is 234 cm³/mol. The Morgan fingerprint density at radius 2 is 0.982 bits per heavy atom. The van der Waals surface area contributed by atoms with Gasteiger partial charge in [0.25, 0.3) is 0 Å². The van der Waals surface area contributed by atoms with Crippen LogP contribution in [0, 0.1) is 0 Å². The molecule has 0 heterocycles. The Morgan fingerprint density at radius 1 is 0.446 bits per heavy atom. The molecular formula is C55H45N. The number of allylic oxidation sites excluding steroid dienone is 4. The van der Waals surface area contributed by atoms with Crippen molar-refractivity contribution in [2.24, 2.45) is 0 Å². The minimum atomic E-state index is -0.436. The third kappa shape index (κ3) is 4.37. The average molecular weight is 720 g/mol. The molecule has 0 atom stereocenters. The van der Waals surface area contributed by atoms with Gasteiger partial charge in [0.1, 0.15) is 0 Å². The summed E-state index contributed by atoms with van der Waals surface area (Å²) in [6.45, 7) is 9.52. The van der Waals surface area contributed by atoms with E-state index in [0.717, 1.165) is 12.8 Å². The Balaban J connectivity index is 1.21. The number of fused-ring (bicyclic) bond motifs is 8. The molecule has 7 aromatic carbocycles. The Bertz CT molecular complexity index is 2760. The molecular weight excluding hydrogens is 675 g/mol. The van der Waals surface area contributed by atoms with Crippen molar-refractivity contribution >= 4 is 22.6 Å². The van der Waals surface area contributed by atoms with Crippen molar-refractivity contribution in [3.8, 4) is 22.3 Å². The summed E-state index contributed by atoms with van der Waals surface area (Å²) in [4.78, 5) is 2.58. The SMILES string of the molecule is CC1(C)c2ccccc2-c2cc(N(c3ccc4c(c3)C(C)(C)c3ccccc3-4)c3cccc4c3C3=C(C=CCC3)C4(c3ccccc3)c3ccccc3)ccc21. The number of hydrogen-bond donors (Lipinski definition) is 0. The van der Waals surface area contributed by atoms with Gasteiger partial charge in [0.05, 0.1) is 11.1 Å². The van der Waals surface area contributed by atoms with E-state index >= 15 is 0 Å². The van der Waals surface area contributed by atoms with E-state index in [1.165, 1.54) is 95.0 Å². The Kier molecular flexibility index (Phi) is 7.06. The van der Waals surface area contributed by atoms with Crippen molar-refractivity contribution in [1.29, 1.82) is 0 Å². The van der Waals surface area contributed by atoms with Gasteiger partial charge < -0.3 is 4.90 Å². The highest BCUT2D eigenvalue weighted by Crippen LogP contribution is 2.61. The van der Waals surface area contributed by atoms with Crippen molar-refractivity contribution in [2.75, 3.05) is 4.90 Å². The van der Waals surface area contributed by atoms with E-state index in [1.807, 2.05) is 0 Å². The van der Waals surface area contributed by atoms with Gasteiger partial charge in [-0.2, -0.15) is 0 Å². The largest absolute Gasteiger partial charge is 0.310 e. The quantitative estimate of drug-likeness (QED) is 0.171. The molecule has 4 aliphatic rings. The van der Waals surface area contributed by atoms with Gasteiger partial charge in [-0.05, 0) is 116 Å². The van der Waals surface area contributed by atoms with Crippen molar-refractivity contribution in [1.82, 2.24) is 0 Å². The second-order valence-corrected chi connectivity index (χ2v) is 17.2. The van der Waals surface area contributed by atoms with Crippen LogP contribution >= 0.6 is 0 Å². The number of nitrogens with zero attached hydrogens (tertiary/aromatic N) is 1. The number of benzene rings is 7. The normalized spacial score (nSPS) is 17.1. The number of rotatable bonds is 5. The van der Waals surface area contributed by atoms with Gasteiger partial charge in [-0.3, -0.25) is 0 Å². The predicted octanol–water partition coefficient (Wildman–Crippen LogP) is 14.2. The third-order valence-corrected chi connectivity index (χ3v) is 13.6. The lowest BCUT2D eigenvalue weighted by atomic mass is 9.66. The number of anilines is 3. The van der Waals surface area contributed by atoms with Crippen molar-refractivity contribution < 1.29 is 0 Å². The molecule has 0 amide bonds. The molecule has 1 nitrogen and oxygen atoms in total. The fourth-order valence-electron chi connectivity index (χ4n) is 11.0. The van der Waals surface area contributed by atoms with Crippen molar-refractivity contribution in [3.05, 3.63) is 226 Å². The molecule has 0 aromatic heterocycles. The van der Waals surface area contributed by atoms with Gasteiger partial charge in [0.15, 0.2) is 0 Å². The highest BCUT2D eigenvalue weighted by molar-refractivity contribution is 5.98. The molecule has 0 bridgehead atoms. The zero-order chi connectivity index (χ0) is 37.8. The van der Waals surface area contributed by atoms with Crippen molar-refractivity contribution in [2.45, 2.75) is 56.8 Å². The molecule has 0 fully saturated rings. The first-order valence-electron chi connectivity index (χ1n) is 20.3. The van der Waals surface area contributed by atoms with Gasteiger partial charge >= 0.3 is 0 Å². The summed E-state index contributed by atoms with van der Waals surface area (Å²) < 4.78 is 0. The van der Waals surface area contributed by atoms with Crippen LogP contribution in [-0.4, -0.2) is 0 Å². The fraction of sp³-hybridized carbons (Fsp3) is 0.164. The summed E-state index contributed by atoms with van der Waals surface area (Å²) in [6, 6.07) is 62.0. The second kappa shape index (κ2) is 11.9. The van der Waals surface area contributed by atoms with E-state index in [1.54, 1.807) is 0 Å². The van der Waals surface area contributed by atoms with Crippen LogP contribution in [0.1, 0.15) is 85.0 Å².